The van der Waals surface area contributed by atoms with E-state index in [1.807, 2.05) is 4.68 Å². The molecule has 4 heterocycles. The number of fused-ring (bicyclic) bond motifs is 1. The van der Waals surface area contributed by atoms with E-state index >= 15 is 0 Å². The van der Waals surface area contributed by atoms with Gasteiger partial charge < -0.3 is 14.2 Å². The van der Waals surface area contributed by atoms with Crippen molar-refractivity contribution in [3.8, 4) is 11.4 Å². The molecule has 0 bridgehead atoms. The summed E-state index contributed by atoms with van der Waals surface area (Å²) >= 11 is 5.87. The Morgan fingerprint density at radius 1 is 1.11 bits per heavy atom. The topological polar surface area (TPSA) is 148 Å². The number of nitrogens with zero attached hydrogens (tertiary/aromatic N) is 7. The molecule has 0 saturated carbocycles. The minimum Gasteiger partial charge on any atom is -0.382 e. The molecule has 0 aromatic carbocycles. The smallest absolute Gasteiger partial charge is 0.240 e. The second-order valence-corrected chi connectivity index (χ2v) is 10.9. The first-order chi connectivity index (χ1) is 17.3. The van der Waals surface area contributed by atoms with Gasteiger partial charge in [0, 0.05) is 46.0 Å². The maximum atomic E-state index is 13.5. The standard InChI is InChI=1S/C21H29ClN8O5S/c1-13(18(35-4)19-23-8-14(22)9-24-19)36(31,32)28-21-27-26-20(30(21)15(11-33-2)12-34-3)16-10-25-29-7-5-6-17(16)29/h8-10,13,15,18H,5-7,11-12H2,1-4H3,(H,27,28)/t13-,18-/m0/s1. The number of aromatic nitrogens is 7. The maximum Gasteiger partial charge on any atom is 0.240 e. The fourth-order valence-corrected chi connectivity index (χ4v) is 5.52. The fraction of sp³-hybridized carbons (Fsp3) is 0.571. The minimum absolute atomic E-state index is 0.0285. The van der Waals surface area contributed by atoms with E-state index in [1.165, 1.54) is 26.4 Å². The number of anilines is 1. The molecule has 0 unspecified atom stereocenters. The van der Waals surface area contributed by atoms with Crippen molar-refractivity contribution in [3.63, 3.8) is 0 Å². The van der Waals surface area contributed by atoms with Gasteiger partial charge in [0.05, 0.1) is 36.0 Å². The highest BCUT2D eigenvalue weighted by molar-refractivity contribution is 7.93. The number of hydrogen-bond donors (Lipinski definition) is 1. The van der Waals surface area contributed by atoms with Crippen molar-refractivity contribution in [2.24, 2.45) is 0 Å². The van der Waals surface area contributed by atoms with E-state index in [0.717, 1.165) is 30.6 Å². The van der Waals surface area contributed by atoms with E-state index in [0.29, 0.717) is 10.8 Å². The molecule has 0 radical (unpaired) electrons. The Labute approximate surface area is 214 Å². The van der Waals surface area contributed by atoms with Gasteiger partial charge in [-0.25, -0.2) is 18.4 Å². The van der Waals surface area contributed by atoms with Crippen molar-refractivity contribution in [2.45, 2.75) is 43.7 Å². The highest BCUT2D eigenvalue weighted by atomic mass is 35.5. The molecule has 3 aromatic heterocycles. The van der Waals surface area contributed by atoms with Gasteiger partial charge in [-0.05, 0) is 19.8 Å². The van der Waals surface area contributed by atoms with Gasteiger partial charge in [0.25, 0.3) is 0 Å². The molecule has 0 amide bonds. The SMILES string of the molecule is COCC(COC)n1c(NS(=O)(=O)[C@@H](C)[C@H](OC)c2ncc(Cl)cn2)nnc1-c1cnn2c1CCC2. The van der Waals surface area contributed by atoms with Crippen LogP contribution in [0.2, 0.25) is 5.02 Å². The number of nitrogens with one attached hydrogen (secondary N) is 1. The van der Waals surface area contributed by atoms with Crippen molar-refractivity contribution < 1.29 is 22.6 Å². The van der Waals surface area contributed by atoms with Gasteiger partial charge in [-0.2, -0.15) is 5.10 Å². The molecule has 2 atom stereocenters. The van der Waals surface area contributed by atoms with Crippen LogP contribution in [-0.2, 0) is 37.2 Å². The van der Waals surface area contributed by atoms with E-state index in [4.69, 9.17) is 25.8 Å². The monoisotopic (exact) mass is 540 g/mol. The Balaban J connectivity index is 1.72. The first-order valence-corrected chi connectivity index (χ1v) is 13.2. The molecule has 0 fully saturated rings. The second kappa shape index (κ2) is 11.2. The largest absolute Gasteiger partial charge is 0.382 e. The van der Waals surface area contributed by atoms with Crippen molar-refractivity contribution in [1.29, 1.82) is 0 Å². The van der Waals surface area contributed by atoms with Crippen LogP contribution in [0.15, 0.2) is 18.6 Å². The van der Waals surface area contributed by atoms with Gasteiger partial charge in [0.2, 0.25) is 16.0 Å². The predicted molar refractivity (Wildman–Crippen MR) is 131 cm³/mol. The lowest BCUT2D eigenvalue weighted by atomic mass is 10.1. The Hall–Kier alpha value is -2.65. The van der Waals surface area contributed by atoms with Crippen LogP contribution in [-0.4, -0.2) is 82.7 Å². The van der Waals surface area contributed by atoms with Crippen LogP contribution < -0.4 is 4.72 Å². The van der Waals surface area contributed by atoms with Crippen LogP contribution in [0.3, 0.4) is 0 Å². The third kappa shape index (κ3) is 5.22. The highest BCUT2D eigenvalue weighted by Crippen LogP contribution is 2.32. The third-order valence-electron chi connectivity index (χ3n) is 6.05. The lowest BCUT2D eigenvalue weighted by Gasteiger charge is -2.24. The average Bonchev–Trinajstić information content (AvgIpc) is 3.56. The van der Waals surface area contributed by atoms with Gasteiger partial charge >= 0.3 is 0 Å². The first kappa shape index (κ1) is 26.4. The Bertz CT molecular complexity index is 1270. The molecule has 3 aromatic rings. The van der Waals surface area contributed by atoms with Crippen LogP contribution in [0.1, 0.15) is 37.0 Å². The molecule has 196 valence electrons. The van der Waals surface area contributed by atoms with Crippen molar-refractivity contribution >= 4 is 27.6 Å². The van der Waals surface area contributed by atoms with E-state index in [9.17, 15) is 8.42 Å². The lowest BCUT2D eigenvalue weighted by molar-refractivity contribution is 0.0907. The fourth-order valence-electron chi connectivity index (χ4n) is 4.28. The molecule has 4 rings (SSSR count). The van der Waals surface area contributed by atoms with Gasteiger partial charge in [-0.3, -0.25) is 14.0 Å². The summed E-state index contributed by atoms with van der Waals surface area (Å²) in [5, 5.41) is 12.2. The zero-order valence-electron chi connectivity index (χ0n) is 20.5. The summed E-state index contributed by atoms with van der Waals surface area (Å²) in [5.74, 6) is 0.696. The summed E-state index contributed by atoms with van der Waals surface area (Å²) in [5.41, 5.74) is 1.82. The number of ether oxygens (including phenoxy) is 3. The number of methoxy groups -OCH3 is 3. The summed E-state index contributed by atoms with van der Waals surface area (Å²) in [6.07, 6.45) is 5.36. The molecule has 36 heavy (non-hydrogen) atoms. The molecule has 0 aliphatic carbocycles. The summed E-state index contributed by atoms with van der Waals surface area (Å²) < 4.78 is 49.4. The summed E-state index contributed by atoms with van der Waals surface area (Å²) in [4.78, 5) is 8.24. The van der Waals surface area contributed by atoms with Gasteiger partial charge in [0.15, 0.2) is 11.6 Å². The number of sulfonamides is 1. The number of rotatable bonds is 12. The molecule has 1 aliphatic rings. The van der Waals surface area contributed by atoms with Crippen LogP contribution in [0.25, 0.3) is 11.4 Å². The van der Waals surface area contributed by atoms with E-state index < -0.39 is 27.4 Å². The first-order valence-electron chi connectivity index (χ1n) is 11.3. The van der Waals surface area contributed by atoms with Crippen molar-refractivity contribution in [3.05, 3.63) is 35.1 Å². The molecular weight excluding hydrogens is 512 g/mol. The van der Waals surface area contributed by atoms with E-state index in [1.54, 1.807) is 25.0 Å². The summed E-state index contributed by atoms with van der Waals surface area (Å²) in [7, 11) is 0.464. The second-order valence-electron chi connectivity index (χ2n) is 8.38. The molecule has 0 spiro atoms. The van der Waals surface area contributed by atoms with Crippen molar-refractivity contribution in [2.75, 3.05) is 39.3 Å². The van der Waals surface area contributed by atoms with E-state index in [-0.39, 0.29) is 25.0 Å². The van der Waals surface area contributed by atoms with Gasteiger partial charge in [-0.15, -0.1) is 10.2 Å². The number of hydrogen-bond acceptors (Lipinski definition) is 10. The van der Waals surface area contributed by atoms with E-state index in [2.05, 4.69) is 30.0 Å². The molecular formula is C21H29ClN8O5S. The molecule has 13 nitrogen and oxygen atoms in total. The van der Waals surface area contributed by atoms with Crippen LogP contribution in [0.4, 0.5) is 5.95 Å². The van der Waals surface area contributed by atoms with Crippen molar-refractivity contribution in [1.82, 2.24) is 34.5 Å². The number of aryl methyl sites for hydroxylation is 1. The van der Waals surface area contributed by atoms with Crippen LogP contribution in [0.5, 0.6) is 0 Å². The quantitative estimate of drug-likeness (QED) is 0.361. The maximum absolute atomic E-state index is 13.5. The Morgan fingerprint density at radius 2 is 1.81 bits per heavy atom. The highest BCUT2D eigenvalue weighted by Gasteiger charge is 2.35. The normalized spacial score (nSPS) is 15.3. The zero-order valence-corrected chi connectivity index (χ0v) is 22.0. The van der Waals surface area contributed by atoms with Gasteiger partial charge in [-0.1, -0.05) is 11.6 Å². The third-order valence-corrected chi connectivity index (χ3v) is 7.94. The molecule has 1 aliphatic heterocycles. The lowest BCUT2D eigenvalue weighted by Crippen LogP contribution is -2.34. The Kier molecular flexibility index (Phi) is 8.20. The average molecular weight is 541 g/mol. The van der Waals surface area contributed by atoms with Crippen LogP contribution >= 0.6 is 11.6 Å². The zero-order chi connectivity index (χ0) is 25.9. The van der Waals surface area contributed by atoms with Gasteiger partial charge in [0.1, 0.15) is 11.4 Å². The molecule has 0 saturated heterocycles. The molecule has 1 N–H and O–H groups in total. The minimum atomic E-state index is -4.05. The Morgan fingerprint density at radius 3 is 2.44 bits per heavy atom. The summed E-state index contributed by atoms with van der Waals surface area (Å²) in [6, 6.07) is -0.409. The predicted octanol–water partition coefficient (Wildman–Crippen LogP) is 1.88. The van der Waals surface area contributed by atoms with Crippen LogP contribution in [0, 0.1) is 0 Å². The summed E-state index contributed by atoms with van der Waals surface area (Å²) in [6.45, 7) is 2.81. The molecule has 15 heteroatoms. The number of halogens is 1.